The molecule has 0 radical (unpaired) electrons. The van der Waals surface area contributed by atoms with Crippen LogP contribution in [0.3, 0.4) is 0 Å². The van der Waals surface area contributed by atoms with E-state index < -0.39 is 5.97 Å². The molecule has 0 saturated heterocycles. The molecule has 3 aromatic carbocycles. The van der Waals surface area contributed by atoms with Crippen LogP contribution in [0.2, 0.25) is 0 Å². The lowest BCUT2D eigenvalue weighted by atomic mass is 10.1. The molecule has 1 aliphatic rings. The number of nitrogens with one attached hydrogen (secondary N) is 1. The number of carboxylic acid groups (broad SMARTS) is 1. The van der Waals surface area contributed by atoms with E-state index in [-0.39, 0.29) is 11.7 Å². The van der Waals surface area contributed by atoms with Crippen LogP contribution in [0.4, 0.5) is 15.6 Å². The molecule has 2 aromatic heterocycles. The molecular weight excluding hydrogens is 524 g/mol. The maximum absolute atomic E-state index is 13.3. The summed E-state index contributed by atoms with van der Waals surface area (Å²) < 4.78 is 12.1. The zero-order valence-corrected chi connectivity index (χ0v) is 21.6. The number of nitrogens with zero attached hydrogens (tertiary/aromatic N) is 3. The summed E-state index contributed by atoms with van der Waals surface area (Å²) in [6.45, 7) is 0.695. The molecule has 190 valence electrons. The number of thiazole rings is 2. The number of urea groups is 1. The minimum atomic E-state index is -1.12. The maximum Gasteiger partial charge on any atom is 0.356 e. The zero-order chi connectivity index (χ0) is 26.2. The number of hydrogen-bond acceptors (Lipinski definition) is 8. The summed E-state index contributed by atoms with van der Waals surface area (Å²) in [5, 5.41) is 13.8. The quantitative estimate of drug-likeness (QED) is 0.270. The lowest BCUT2D eigenvalue weighted by molar-refractivity contribution is 0.0692. The number of aromatic carboxylic acids is 1. The van der Waals surface area contributed by atoms with Gasteiger partial charge in [0.25, 0.3) is 0 Å². The van der Waals surface area contributed by atoms with Gasteiger partial charge in [0.2, 0.25) is 0 Å². The van der Waals surface area contributed by atoms with Crippen molar-refractivity contribution in [1.29, 1.82) is 0 Å². The van der Waals surface area contributed by atoms with E-state index in [2.05, 4.69) is 15.3 Å². The topological polar surface area (TPSA) is 114 Å². The molecule has 9 nitrogen and oxygen atoms in total. The van der Waals surface area contributed by atoms with Gasteiger partial charge in [0.05, 0.1) is 34.4 Å². The maximum atomic E-state index is 13.3. The number of carbonyl (C=O) groups is 2. The Bertz CT molecular complexity index is 1660. The molecule has 6 rings (SSSR count). The molecule has 1 aliphatic heterocycles. The van der Waals surface area contributed by atoms with Crippen molar-refractivity contribution in [3.63, 3.8) is 0 Å². The van der Waals surface area contributed by atoms with Crippen molar-refractivity contribution in [2.24, 2.45) is 0 Å². The Balaban J connectivity index is 1.34. The van der Waals surface area contributed by atoms with E-state index in [0.29, 0.717) is 56.5 Å². The number of rotatable bonds is 5. The van der Waals surface area contributed by atoms with E-state index in [1.807, 2.05) is 36.4 Å². The third-order valence-corrected chi connectivity index (χ3v) is 8.09. The number of amides is 2. The average molecular weight is 545 g/mol. The molecule has 3 heterocycles. The monoisotopic (exact) mass is 544 g/mol. The number of methoxy groups -OCH3 is 1. The van der Waals surface area contributed by atoms with Gasteiger partial charge >= 0.3 is 12.0 Å². The van der Waals surface area contributed by atoms with E-state index in [9.17, 15) is 14.7 Å². The second-order valence-electron chi connectivity index (χ2n) is 8.33. The van der Waals surface area contributed by atoms with Crippen LogP contribution < -0.4 is 19.7 Å². The van der Waals surface area contributed by atoms with Crippen molar-refractivity contribution in [3.8, 4) is 32.5 Å². The normalized spacial score (nSPS) is 12.6. The molecule has 0 atom stereocenters. The number of hydrogen-bond donors (Lipinski definition) is 2. The molecule has 0 unspecified atom stereocenters. The van der Waals surface area contributed by atoms with Gasteiger partial charge in [0.15, 0.2) is 10.8 Å². The van der Waals surface area contributed by atoms with Gasteiger partial charge in [-0.25, -0.2) is 19.6 Å². The fourth-order valence-corrected chi connectivity index (χ4v) is 6.10. The lowest BCUT2D eigenvalue weighted by Crippen LogP contribution is -2.40. The van der Waals surface area contributed by atoms with Gasteiger partial charge in [0.1, 0.15) is 23.1 Å². The number of fused-ring (bicyclic) bond motifs is 2. The number of ether oxygens (including phenoxy) is 2. The van der Waals surface area contributed by atoms with Crippen LogP contribution in [0.15, 0.2) is 66.7 Å². The van der Waals surface area contributed by atoms with Gasteiger partial charge in [-0.05, 0) is 48.0 Å². The molecule has 0 fully saturated rings. The minimum Gasteiger partial charge on any atom is -0.497 e. The molecule has 11 heteroatoms. The first-order valence-electron chi connectivity index (χ1n) is 11.6. The Morgan fingerprint density at radius 1 is 1.03 bits per heavy atom. The van der Waals surface area contributed by atoms with Crippen molar-refractivity contribution in [2.45, 2.75) is 0 Å². The van der Waals surface area contributed by atoms with E-state index in [4.69, 9.17) is 9.47 Å². The highest BCUT2D eigenvalue weighted by Crippen LogP contribution is 2.41. The number of para-hydroxylation sites is 1. The smallest absolute Gasteiger partial charge is 0.356 e. The first-order chi connectivity index (χ1) is 18.5. The van der Waals surface area contributed by atoms with Crippen LogP contribution >= 0.6 is 22.7 Å². The molecule has 0 aliphatic carbocycles. The fourth-order valence-electron chi connectivity index (χ4n) is 4.19. The Morgan fingerprint density at radius 2 is 1.89 bits per heavy atom. The van der Waals surface area contributed by atoms with Crippen LogP contribution in [0.25, 0.3) is 31.2 Å². The zero-order valence-electron chi connectivity index (χ0n) is 20.0. The van der Waals surface area contributed by atoms with Crippen LogP contribution in [0.5, 0.6) is 11.5 Å². The number of anilines is 2. The summed E-state index contributed by atoms with van der Waals surface area (Å²) in [5.74, 6) is 0.0560. The molecular formula is C27H20N4O5S2. The number of carboxylic acids is 1. The predicted octanol–water partition coefficient (Wildman–Crippen LogP) is 6.22. The summed E-state index contributed by atoms with van der Waals surface area (Å²) in [6, 6.07) is 19.9. The Labute approximate surface area is 224 Å². The highest BCUT2D eigenvalue weighted by atomic mass is 32.1. The predicted molar refractivity (Wildman–Crippen MR) is 148 cm³/mol. The average Bonchev–Trinajstić information content (AvgIpc) is 3.57. The number of carbonyl (C=O) groups excluding carboxylic acids is 1. The van der Waals surface area contributed by atoms with Gasteiger partial charge in [-0.1, -0.05) is 35.6 Å². The minimum absolute atomic E-state index is 0.0438. The van der Waals surface area contributed by atoms with Gasteiger partial charge in [-0.15, -0.1) is 11.3 Å². The van der Waals surface area contributed by atoms with Crippen LogP contribution in [0, 0.1) is 0 Å². The summed E-state index contributed by atoms with van der Waals surface area (Å²) in [6.07, 6.45) is 0. The van der Waals surface area contributed by atoms with Crippen molar-refractivity contribution in [2.75, 3.05) is 30.5 Å². The van der Waals surface area contributed by atoms with Crippen LogP contribution in [0.1, 0.15) is 10.5 Å². The molecule has 0 spiro atoms. The van der Waals surface area contributed by atoms with Crippen molar-refractivity contribution in [3.05, 3.63) is 72.4 Å². The lowest BCUT2D eigenvalue weighted by Gasteiger charge is -2.29. The Kier molecular flexibility index (Phi) is 6.14. The van der Waals surface area contributed by atoms with Gasteiger partial charge in [-0.3, -0.25) is 10.2 Å². The Morgan fingerprint density at radius 3 is 2.71 bits per heavy atom. The summed E-state index contributed by atoms with van der Waals surface area (Å²) in [7, 11) is 1.56. The molecule has 5 aromatic rings. The summed E-state index contributed by atoms with van der Waals surface area (Å²) in [4.78, 5) is 36.4. The SMILES string of the molecule is COc1cccc(-c2sc(-c3ccc4c(c3)N(C(=O)Nc3nc5ccccc5s3)CCO4)nc2C(=O)O)c1. The van der Waals surface area contributed by atoms with Gasteiger partial charge < -0.3 is 14.6 Å². The Hall–Kier alpha value is -4.48. The third-order valence-electron chi connectivity index (χ3n) is 5.98. The number of aromatic nitrogens is 2. The number of benzene rings is 3. The van der Waals surface area contributed by atoms with Crippen molar-refractivity contribution in [1.82, 2.24) is 9.97 Å². The molecule has 2 N–H and O–H groups in total. The first kappa shape index (κ1) is 23.9. The van der Waals surface area contributed by atoms with E-state index in [0.717, 1.165) is 10.2 Å². The fraction of sp³-hybridized carbons (Fsp3) is 0.111. The molecule has 0 bridgehead atoms. The molecule has 0 saturated carbocycles. The van der Waals surface area contributed by atoms with E-state index >= 15 is 0 Å². The third kappa shape index (κ3) is 4.42. The van der Waals surface area contributed by atoms with Crippen molar-refractivity contribution >= 4 is 55.7 Å². The summed E-state index contributed by atoms with van der Waals surface area (Å²) in [5.41, 5.74) is 2.72. The van der Waals surface area contributed by atoms with E-state index in [1.54, 1.807) is 42.3 Å². The molecule has 2 amide bonds. The first-order valence-corrected chi connectivity index (χ1v) is 13.2. The van der Waals surface area contributed by atoms with Gasteiger partial charge in [-0.2, -0.15) is 0 Å². The second kappa shape index (κ2) is 9.77. The summed E-state index contributed by atoms with van der Waals surface area (Å²) >= 11 is 2.67. The van der Waals surface area contributed by atoms with Crippen LogP contribution in [-0.4, -0.2) is 47.3 Å². The second-order valence-corrected chi connectivity index (χ2v) is 10.4. The molecule has 38 heavy (non-hydrogen) atoms. The highest BCUT2D eigenvalue weighted by Gasteiger charge is 2.27. The standard InChI is InChI=1S/C27H20N4O5S2/c1-35-17-6-4-5-15(13-17)23-22(25(32)33)29-24(38-23)16-9-10-20-19(14-16)31(11-12-36-20)27(34)30-26-28-18-7-2-3-8-21(18)37-26/h2-10,13-14H,11-12H2,1H3,(H,32,33)(H,28,30,34). The van der Waals surface area contributed by atoms with Crippen LogP contribution in [-0.2, 0) is 0 Å². The van der Waals surface area contributed by atoms with Gasteiger partial charge in [0, 0.05) is 5.56 Å². The highest BCUT2D eigenvalue weighted by molar-refractivity contribution is 7.22. The largest absolute Gasteiger partial charge is 0.497 e. The van der Waals surface area contributed by atoms with Crippen molar-refractivity contribution < 1.29 is 24.2 Å². The van der Waals surface area contributed by atoms with E-state index in [1.165, 1.54) is 22.7 Å².